The van der Waals surface area contributed by atoms with Crippen LogP contribution in [0.5, 0.6) is 0 Å². The molecule has 1 aliphatic rings. The van der Waals surface area contributed by atoms with Gasteiger partial charge in [-0.05, 0) is 17.6 Å². The smallest absolute Gasteiger partial charge is 0.0881 e. The summed E-state index contributed by atoms with van der Waals surface area (Å²) in [6.45, 7) is 0. The second-order valence-electron chi connectivity index (χ2n) is 3.74. The van der Waals surface area contributed by atoms with E-state index in [0.717, 1.165) is 6.42 Å². The van der Waals surface area contributed by atoms with Gasteiger partial charge in [-0.25, -0.2) is 0 Å². The highest BCUT2D eigenvalue weighted by molar-refractivity contribution is 5.66. The molecule has 13 heavy (non-hydrogen) atoms. The van der Waals surface area contributed by atoms with Gasteiger partial charge in [-0.1, -0.05) is 36.4 Å². The van der Waals surface area contributed by atoms with Crippen LogP contribution in [0.15, 0.2) is 36.4 Å². The topological polar surface area (TPSA) is 27.6 Å². The zero-order chi connectivity index (χ0) is 9.10. The van der Waals surface area contributed by atoms with Crippen LogP contribution in [-0.2, 0) is 0 Å². The molecule has 0 aliphatic heterocycles. The summed E-state index contributed by atoms with van der Waals surface area (Å²) in [5.41, 5.74) is 6.97. The Balaban J connectivity index is 2.19. The van der Waals surface area contributed by atoms with Crippen molar-refractivity contribution in [2.24, 2.45) is 0 Å². The van der Waals surface area contributed by atoms with E-state index < -0.39 is 0 Å². The first-order chi connectivity index (χ1) is 6.36. The molecule has 1 aliphatic carbocycles. The van der Waals surface area contributed by atoms with Crippen molar-refractivity contribution in [2.75, 3.05) is 0 Å². The van der Waals surface area contributed by atoms with Gasteiger partial charge in [-0.3, -0.25) is 0 Å². The van der Waals surface area contributed by atoms with E-state index >= 15 is 0 Å². The van der Waals surface area contributed by atoms with Crippen LogP contribution in [0, 0.1) is 0 Å². The molecular weight excluding hydrogens is 158 g/mol. The number of quaternary nitrogens is 1. The van der Waals surface area contributed by atoms with E-state index in [4.69, 9.17) is 0 Å². The maximum absolute atomic E-state index is 4.08. The van der Waals surface area contributed by atoms with Crippen LogP contribution in [0.4, 0.5) is 0 Å². The molecule has 0 spiro atoms. The van der Waals surface area contributed by atoms with Crippen molar-refractivity contribution in [3.05, 3.63) is 42.0 Å². The Bertz CT molecular complexity index is 300. The first-order valence-electron chi connectivity index (χ1n) is 4.94. The summed E-state index contributed by atoms with van der Waals surface area (Å²) < 4.78 is 0. The molecule has 1 atom stereocenters. The van der Waals surface area contributed by atoms with Crippen molar-refractivity contribution < 1.29 is 5.73 Å². The van der Waals surface area contributed by atoms with E-state index in [1.807, 2.05) is 0 Å². The minimum Gasteiger partial charge on any atom is -0.355 e. The van der Waals surface area contributed by atoms with Crippen LogP contribution in [0.2, 0.25) is 0 Å². The van der Waals surface area contributed by atoms with Crippen molar-refractivity contribution in [3.8, 4) is 0 Å². The zero-order valence-corrected chi connectivity index (χ0v) is 7.87. The molecule has 1 heteroatoms. The Morgan fingerprint density at radius 3 is 2.54 bits per heavy atom. The van der Waals surface area contributed by atoms with Gasteiger partial charge < -0.3 is 5.73 Å². The Hall–Kier alpha value is -1.08. The molecule has 1 nitrogen and oxygen atoms in total. The zero-order valence-electron chi connectivity index (χ0n) is 7.87. The molecule has 1 aromatic carbocycles. The highest BCUT2D eigenvalue weighted by Gasteiger charge is 2.13. The summed E-state index contributed by atoms with van der Waals surface area (Å²) in [6.07, 6.45) is 5.92. The van der Waals surface area contributed by atoms with Gasteiger partial charge >= 0.3 is 0 Å². The maximum atomic E-state index is 4.08. The van der Waals surface area contributed by atoms with Gasteiger partial charge in [0, 0.05) is 12.8 Å². The first-order valence-corrected chi connectivity index (χ1v) is 4.94. The van der Waals surface area contributed by atoms with E-state index in [9.17, 15) is 0 Å². The van der Waals surface area contributed by atoms with Crippen molar-refractivity contribution in [3.63, 3.8) is 0 Å². The summed E-state index contributed by atoms with van der Waals surface area (Å²) in [5.74, 6) is 0. The molecule has 0 bridgehead atoms. The average Bonchev–Trinajstić information content (AvgIpc) is 2.20. The lowest BCUT2D eigenvalue weighted by molar-refractivity contribution is -0.420. The predicted molar refractivity (Wildman–Crippen MR) is 54.9 cm³/mol. The van der Waals surface area contributed by atoms with Gasteiger partial charge in [-0.2, -0.15) is 0 Å². The lowest BCUT2D eigenvalue weighted by Gasteiger charge is -2.16. The van der Waals surface area contributed by atoms with Crippen LogP contribution in [0.3, 0.4) is 0 Å². The number of hydrogen-bond acceptors (Lipinski definition) is 0. The lowest BCUT2D eigenvalue weighted by Crippen LogP contribution is -2.61. The molecule has 0 unspecified atom stereocenters. The Kier molecular flexibility index (Phi) is 2.46. The standard InChI is InChI=1S/C12H15N/c13-12-8-6-11(7-9-12)10-4-2-1-3-5-10/h1-6,12H,7-9,13H2/p+1/t12-/m0/s1. The van der Waals surface area contributed by atoms with Gasteiger partial charge in [0.1, 0.15) is 0 Å². The number of hydrogen-bond donors (Lipinski definition) is 1. The molecule has 0 heterocycles. The maximum Gasteiger partial charge on any atom is 0.0881 e. The SMILES string of the molecule is [NH3+][C@H]1CC=C(c2ccccc2)CC1. The Morgan fingerprint density at radius 2 is 1.92 bits per heavy atom. The van der Waals surface area contributed by atoms with Gasteiger partial charge in [0.05, 0.1) is 6.04 Å². The van der Waals surface area contributed by atoms with Gasteiger partial charge in [0.2, 0.25) is 0 Å². The molecular formula is C12H16N+. The van der Waals surface area contributed by atoms with E-state index in [2.05, 4.69) is 42.1 Å². The lowest BCUT2D eigenvalue weighted by atomic mass is 9.91. The quantitative estimate of drug-likeness (QED) is 0.673. The van der Waals surface area contributed by atoms with Crippen molar-refractivity contribution >= 4 is 5.57 Å². The molecule has 0 radical (unpaired) electrons. The molecule has 0 fully saturated rings. The van der Waals surface area contributed by atoms with Crippen LogP contribution in [-0.4, -0.2) is 6.04 Å². The molecule has 3 N–H and O–H groups in total. The molecule has 1 aromatic rings. The fraction of sp³-hybridized carbons (Fsp3) is 0.333. The molecule has 68 valence electrons. The Labute approximate surface area is 79.3 Å². The summed E-state index contributed by atoms with van der Waals surface area (Å²) in [7, 11) is 0. The van der Waals surface area contributed by atoms with E-state index in [1.54, 1.807) is 0 Å². The van der Waals surface area contributed by atoms with Crippen LogP contribution in [0.25, 0.3) is 5.57 Å². The summed E-state index contributed by atoms with van der Waals surface area (Å²) in [5, 5.41) is 0. The molecule has 0 aromatic heterocycles. The monoisotopic (exact) mass is 174 g/mol. The van der Waals surface area contributed by atoms with Crippen LogP contribution in [0.1, 0.15) is 24.8 Å². The highest BCUT2D eigenvalue weighted by Crippen LogP contribution is 2.25. The Morgan fingerprint density at radius 1 is 1.15 bits per heavy atom. The van der Waals surface area contributed by atoms with Crippen molar-refractivity contribution in [2.45, 2.75) is 25.3 Å². The fourth-order valence-electron chi connectivity index (χ4n) is 1.80. The minimum atomic E-state index is 0.632. The highest BCUT2D eigenvalue weighted by atomic mass is 14.6. The number of rotatable bonds is 1. The van der Waals surface area contributed by atoms with Crippen LogP contribution >= 0.6 is 0 Å². The average molecular weight is 174 g/mol. The normalized spacial score (nSPS) is 22.5. The largest absolute Gasteiger partial charge is 0.355 e. The van der Waals surface area contributed by atoms with Crippen LogP contribution < -0.4 is 5.73 Å². The minimum absolute atomic E-state index is 0.632. The third-order valence-electron chi connectivity index (χ3n) is 2.66. The molecule has 0 saturated heterocycles. The summed E-state index contributed by atoms with van der Waals surface area (Å²) >= 11 is 0. The van der Waals surface area contributed by atoms with Gasteiger partial charge in [0.15, 0.2) is 0 Å². The van der Waals surface area contributed by atoms with E-state index in [-0.39, 0.29) is 0 Å². The number of benzene rings is 1. The van der Waals surface area contributed by atoms with E-state index in [0.29, 0.717) is 6.04 Å². The fourth-order valence-corrected chi connectivity index (χ4v) is 1.80. The third kappa shape index (κ3) is 1.99. The van der Waals surface area contributed by atoms with Crippen molar-refractivity contribution in [1.82, 2.24) is 0 Å². The predicted octanol–water partition coefficient (Wildman–Crippen LogP) is 1.86. The van der Waals surface area contributed by atoms with E-state index in [1.165, 1.54) is 24.0 Å². The molecule has 2 rings (SSSR count). The molecule has 0 saturated carbocycles. The summed E-state index contributed by atoms with van der Waals surface area (Å²) in [4.78, 5) is 0. The second kappa shape index (κ2) is 3.75. The summed E-state index contributed by atoms with van der Waals surface area (Å²) in [6, 6.07) is 11.3. The first kappa shape index (κ1) is 8.52. The number of allylic oxidation sites excluding steroid dienone is 1. The van der Waals surface area contributed by atoms with Gasteiger partial charge in [-0.15, -0.1) is 0 Å². The third-order valence-corrected chi connectivity index (χ3v) is 2.66. The second-order valence-corrected chi connectivity index (χ2v) is 3.74. The van der Waals surface area contributed by atoms with Crippen molar-refractivity contribution in [1.29, 1.82) is 0 Å². The van der Waals surface area contributed by atoms with Gasteiger partial charge in [0.25, 0.3) is 0 Å². The molecule has 0 amide bonds.